The molecule has 54 valence electrons. The number of aliphatic hydroxyl groups excluding tert-OH is 1. The van der Waals surface area contributed by atoms with E-state index in [0.29, 0.717) is 6.42 Å². The first-order chi connectivity index (χ1) is 4.84. The second kappa shape index (κ2) is 3.22. The molecule has 0 fully saturated rings. The molecule has 0 saturated carbocycles. The highest BCUT2D eigenvalue weighted by Crippen LogP contribution is 2.06. The summed E-state index contributed by atoms with van der Waals surface area (Å²) in [6, 6.07) is 3.76. The molecule has 0 aromatic carbocycles. The minimum Gasteiger partial charge on any atom is -0.373 e. The predicted octanol–water partition coefficient (Wildman–Crippen LogP) is 1.56. The fourth-order valence-electron chi connectivity index (χ4n) is 0.817. The van der Waals surface area contributed by atoms with Crippen molar-refractivity contribution in [1.82, 2.24) is 4.57 Å². The van der Waals surface area contributed by atoms with Crippen molar-refractivity contribution in [3.63, 3.8) is 0 Å². The molecule has 0 aliphatic carbocycles. The van der Waals surface area contributed by atoms with Crippen molar-refractivity contribution < 1.29 is 5.11 Å². The largest absolute Gasteiger partial charge is 0.373 e. The van der Waals surface area contributed by atoms with Crippen LogP contribution >= 0.6 is 0 Å². The van der Waals surface area contributed by atoms with E-state index < -0.39 is 6.23 Å². The lowest BCUT2D eigenvalue weighted by atomic mass is 10.4. The first kappa shape index (κ1) is 7.09. The second-order valence-electron chi connectivity index (χ2n) is 2.14. The quantitative estimate of drug-likeness (QED) is 0.628. The first-order valence-electron chi connectivity index (χ1n) is 3.26. The Morgan fingerprint density at radius 3 is 2.60 bits per heavy atom. The number of aromatic nitrogens is 1. The molecule has 1 N–H and O–H groups in total. The maximum Gasteiger partial charge on any atom is 0.133 e. The zero-order valence-corrected chi connectivity index (χ0v) is 5.77. The summed E-state index contributed by atoms with van der Waals surface area (Å²) in [6.07, 6.45) is 5.49. The molecule has 2 heteroatoms. The lowest BCUT2D eigenvalue weighted by Gasteiger charge is -2.08. The molecule has 1 aromatic rings. The van der Waals surface area contributed by atoms with Gasteiger partial charge >= 0.3 is 0 Å². The van der Waals surface area contributed by atoms with Gasteiger partial charge in [0.25, 0.3) is 0 Å². The van der Waals surface area contributed by atoms with Gasteiger partial charge in [-0.05, 0) is 12.1 Å². The van der Waals surface area contributed by atoms with E-state index in [1.807, 2.05) is 24.5 Å². The number of rotatable bonds is 3. The molecule has 0 saturated heterocycles. The number of nitrogens with zero attached hydrogens (tertiary/aromatic N) is 1. The van der Waals surface area contributed by atoms with E-state index in [2.05, 4.69) is 6.58 Å². The third kappa shape index (κ3) is 1.48. The molecule has 1 aromatic heterocycles. The van der Waals surface area contributed by atoms with Crippen LogP contribution in [0.1, 0.15) is 12.6 Å². The van der Waals surface area contributed by atoms with Crippen LogP contribution in [0, 0.1) is 0 Å². The minimum absolute atomic E-state index is 0.451. The molecule has 0 spiro atoms. The third-order valence-corrected chi connectivity index (χ3v) is 1.35. The second-order valence-corrected chi connectivity index (χ2v) is 2.14. The molecular formula is C8H11NO. The van der Waals surface area contributed by atoms with E-state index in [4.69, 9.17) is 0 Å². The Kier molecular flexibility index (Phi) is 2.29. The van der Waals surface area contributed by atoms with Gasteiger partial charge in [-0.15, -0.1) is 6.58 Å². The maximum absolute atomic E-state index is 9.30. The van der Waals surface area contributed by atoms with Gasteiger partial charge in [0.2, 0.25) is 0 Å². The summed E-state index contributed by atoms with van der Waals surface area (Å²) in [5.74, 6) is 0. The number of hydrogen-bond donors (Lipinski definition) is 1. The monoisotopic (exact) mass is 137 g/mol. The maximum atomic E-state index is 9.30. The van der Waals surface area contributed by atoms with Gasteiger partial charge in [0.1, 0.15) is 6.23 Å². The lowest BCUT2D eigenvalue weighted by molar-refractivity contribution is 0.108. The Hall–Kier alpha value is -1.02. The van der Waals surface area contributed by atoms with Gasteiger partial charge in [0.05, 0.1) is 0 Å². The van der Waals surface area contributed by atoms with Gasteiger partial charge in [0.15, 0.2) is 0 Å². The van der Waals surface area contributed by atoms with E-state index in [1.54, 1.807) is 10.6 Å². The van der Waals surface area contributed by atoms with Gasteiger partial charge in [-0.3, -0.25) is 0 Å². The zero-order chi connectivity index (χ0) is 7.40. The van der Waals surface area contributed by atoms with Crippen LogP contribution < -0.4 is 0 Å². The van der Waals surface area contributed by atoms with Crippen molar-refractivity contribution in [3.05, 3.63) is 37.2 Å². The Morgan fingerprint density at radius 2 is 2.10 bits per heavy atom. The van der Waals surface area contributed by atoms with Crippen molar-refractivity contribution >= 4 is 0 Å². The van der Waals surface area contributed by atoms with Crippen LogP contribution in [0.15, 0.2) is 37.2 Å². The molecular weight excluding hydrogens is 126 g/mol. The van der Waals surface area contributed by atoms with Crippen LogP contribution in [-0.4, -0.2) is 9.67 Å². The average Bonchev–Trinajstić information content (AvgIpc) is 2.38. The summed E-state index contributed by atoms with van der Waals surface area (Å²) in [6.45, 7) is 3.54. The zero-order valence-electron chi connectivity index (χ0n) is 5.77. The average molecular weight is 137 g/mol. The topological polar surface area (TPSA) is 25.2 Å². The predicted molar refractivity (Wildman–Crippen MR) is 40.5 cm³/mol. The molecule has 1 rings (SSSR count). The van der Waals surface area contributed by atoms with Gasteiger partial charge in [-0.2, -0.15) is 0 Å². The summed E-state index contributed by atoms with van der Waals surface area (Å²) in [4.78, 5) is 0. The molecule has 0 aliphatic rings. The molecule has 0 aliphatic heterocycles. The number of hydrogen-bond acceptors (Lipinski definition) is 1. The van der Waals surface area contributed by atoms with Crippen molar-refractivity contribution in [2.75, 3.05) is 0 Å². The van der Waals surface area contributed by atoms with E-state index in [0.717, 1.165) is 0 Å². The SMILES string of the molecule is C=CCC(O)n1cccc1. The fraction of sp³-hybridized carbons (Fsp3) is 0.250. The summed E-state index contributed by atoms with van der Waals surface area (Å²) >= 11 is 0. The van der Waals surface area contributed by atoms with E-state index in [9.17, 15) is 5.11 Å². The summed E-state index contributed by atoms with van der Waals surface area (Å²) < 4.78 is 1.74. The highest BCUT2D eigenvalue weighted by Gasteiger charge is 1.99. The molecule has 10 heavy (non-hydrogen) atoms. The molecule has 1 heterocycles. The highest BCUT2D eigenvalue weighted by molar-refractivity contribution is 4.92. The summed E-state index contributed by atoms with van der Waals surface area (Å²) in [5, 5.41) is 9.30. The smallest absolute Gasteiger partial charge is 0.133 e. The Labute approximate surface area is 60.4 Å². The highest BCUT2D eigenvalue weighted by atomic mass is 16.3. The minimum atomic E-state index is -0.451. The van der Waals surface area contributed by atoms with Gasteiger partial charge < -0.3 is 9.67 Å². The normalized spacial score (nSPS) is 12.9. The van der Waals surface area contributed by atoms with Crippen molar-refractivity contribution in [2.24, 2.45) is 0 Å². The van der Waals surface area contributed by atoms with E-state index >= 15 is 0 Å². The number of aliphatic hydroxyl groups is 1. The van der Waals surface area contributed by atoms with Crippen LogP contribution in [0.4, 0.5) is 0 Å². The van der Waals surface area contributed by atoms with Crippen molar-refractivity contribution in [2.45, 2.75) is 12.6 Å². The van der Waals surface area contributed by atoms with Crippen LogP contribution in [0.3, 0.4) is 0 Å². The molecule has 0 amide bonds. The first-order valence-corrected chi connectivity index (χ1v) is 3.26. The Bertz CT molecular complexity index is 191. The van der Waals surface area contributed by atoms with Gasteiger partial charge in [-0.25, -0.2) is 0 Å². The van der Waals surface area contributed by atoms with Gasteiger partial charge in [0, 0.05) is 18.8 Å². The lowest BCUT2D eigenvalue weighted by Crippen LogP contribution is -2.03. The molecule has 2 nitrogen and oxygen atoms in total. The Balaban J connectivity index is 2.58. The Morgan fingerprint density at radius 1 is 1.50 bits per heavy atom. The van der Waals surface area contributed by atoms with Crippen molar-refractivity contribution in [1.29, 1.82) is 0 Å². The van der Waals surface area contributed by atoms with Crippen LogP contribution in [0.2, 0.25) is 0 Å². The molecule has 1 unspecified atom stereocenters. The fourth-order valence-corrected chi connectivity index (χ4v) is 0.817. The van der Waals surface area contributed by atoms with Crippen LogP contribution in [0.25, 0.3) is 0 Å². The van der Waals surface area contributed by atoms with Crippen LogP contribution in [-0.2, 0) is 0 Å². The van der Waals surface area contributed by atoms with E-state index in [-0.39, 0.29) is 0 Å². The third-order valence-electron chi connectivity index (χ3n) is 1.35. The molecule has 0 bridgehead atoms. The van der Waals surface area contributed by atoms with Gasteiger partial charge in [-0.1, -0.05) is 6.08 Å². The summed E-state index contributed by atoms with van der Waals surface area (Å²) in [7, 11) is 0. The standard InChI is InChI=1S/C8H11NO/c1-2-5-8(10)9-6-3-4-7-9/h2-4,6-8,10H,1,5H2. The van der Waals surface area contributed by atoms with E-state index in [1.165, 1.54) is 0 Å². The van der Waals surface area contributed by atoms with Crippen molar-refractivity contribution in [3.8, 4) is 0 Å². The molecule has 0 radical (unpaired) electrons. The molecule has 1 atom stereocenters. The van der Waals surface area contributed by atoms with Crippen LogP contribution in [0.5, 0.6) is 0 Å². The summed E-state index contributed by atoms with van der Waals surface area (Å²) in [5.41, 5.74) is 0.